The highest BCUT2D eigenvalue weighted by Crippen LogP contribution is 2.25. The van der Waals surface area contributed by atoms with E-state index < -0.39 is 12.3 Å². The number of β-amino-alcohol motifs (C(OH)–C–C–N with tert-alkyl or cyclic N) is 1. The van der Waals surface area contributed by atoms with Crippen LogP contribution >= 0.6 is 11.5 Å². The molecule has 0 aliphatic carbocycles. The molecule has 3 rings (SSSR count). The number of aromatic nitrogens is 2. The van der Waals surface area contributed by atoms with E-state index in [9.17, 15) is 18.3 Å². The number of anilines is 1. The van der Waals surface area contributed by atoms with Crippen molar-refractivity contribution in [2.45, 2.75) is 18.7 Å². The smallest absolute Gasteiger partial charge is 0.382 e. The molecule has 1 unspecified atom stereocenters. The van der Waals surface area contributed by atoms with Crippen molar-refractivity contribution in [2.75, 3.05) is 37.6 Å². The fourth-order valence-corrected chi connectivity index (χ4v) is 3.48. The normalized spacial score (nSPS) is 18.2. The zero-order valence-corrected chi connectivity index (χ0v) is 14.3. The van der Waals surface area contributed by atoms with Gasteiger partial charge in [-0.05, 0) is 6.42 Å². The van der Waals surface area contributed by atoms with Crippen molar-refractivity contribution in [3.05, 3.63) is 30.3 Å². The highest BCUT2D eigenvalue weighted by Gasteiger charge is 2.39. The fourth-order valence-electron chi connectivity index (χ4n) is 2.74. The second kappa shape index (κ2) is 7.67. The van der Waals surface area contributed by atoms with E-state index in [2.05, 4.69) is 9.36 Å². The number of hydrogen-bond donors (Lipinski definition) is 1. The Labute approximate surface area is 147 Å². The van der Waals surface area contributed by atoms with E-state index in [1.54, 1.807) is 4.90 Å². The van der Waals surface area contributed by atoms with Crippen LogP contribution in [0.25, 0.3) is 11.4 Å². The van der Waals surface area contributed by atoms with Gasteiger partial charge in [-0.1, -0.05) is 30.3 Å². The maximum Gasteiger partial charge on any atom is 0.415 e. The van der Waals surface area contributed by atoms with Crippen LogP contribution in [0.2, 0.25) is 0 Å². The van der Waals surface area contributed by atoms with Gasteiger partial charge in [0, 0.05) is 49.8 Å². The predicted molar refractivity (Wildman–Crippen MR) is 90.7 cm³/mol. The number of hydrogen-bond acceptors (Lipinski definition) is 6. The SMILES string of the molecule is OC(CN1CCCN(c2nc(-c3ccccc3)ns2)CC1)C(F)(F)F. The molecule has 0 spiro atoms. The van der Waals surface area contributed by atoms with Gasteiger partial charge in [-0.15, -0.1) is 0 Å². The molecule has 0 amide bonds. The van der Waals surface area contributed by atoms with Crippen molar-refractivity contribution in [1.29, 1.82) is 0 Å². The molecular weight excluding hydrogens is 353 g/mol. The molecule has 1 saturated heterocycles. The summed E-state index contributed by atoms with van der Waals surface area (Å²) in [5, 5.41) is 10.0. The molecule has 5 nitrogen and oxygen atoms in total. The predicted octanol–water partition coefficient (Wildman–Crippen LogP) is 2.64. The van der Waals surface area contributed by atoms with Crippen LogP contribution in [0.3, 0.4) is 0 Å². The highest BCUT2D eigenvalue weighted by molar-refractivity contribution is 7.09. The Morgan fingerprint density at radius 2 is 1.88 bits per heavy atom. The van der Waals surface area contributed by atoms with Crippen LogP contribution < -0.4 is 4.90 Å². The van der Waals surface area contributed by atoms with Gasteiger partial charge in [0.15, 0.2) is 11.9 Å². The second-order valence-corrected chi connectivity index (χ2v) is 6.70. The van der Waals surface area contributed by atoms with Crippen LogP contribution in [0.5, 0.6) is 0 Å². The topological polar surface area (TPSA) is 52.5 Å². The molecule has 1 N–H and O–H groups in total. The maximum absolute atomic E-state index is 12.5. The van der Waals surface area contributed by atoms with E-state index >= 15 is 0 Å². The third kappa shape index (κ3) is 4.68. The minimum absolute atomic E-state index is 0.386. The molecule has 1 aliphatic heterocycles. The summed E-state index contributed by atoms with van der Waals surface area (Å²) in [5.74, 6) is 0.661. The van der Waals surface area contributed by atoms with Gasteiger partial charge in [0.05, 0.1) is 0 Å². The lowest BCUT2D eigenvalue weighted by Gasteiger charge is -2.24. The van der Waals surface area contributed by atoms with E-state index in [0.717, 1.165) is 10.7 Å². The minimum Gasteiger partial charge on any atom is -0.382 e. The largest absolute Gasteiger partial charge is 0.415 e. The molecule has 136 valence electrons. The first kappa shape index (κ1) is 18.1. The van der Waals surface area contributed by atoms with Gasteiger partial charge in [0.25, 0.3) is 0 Å². The van der Waals surface area contributed by atoms with Gasteiger partial charge in [0.2, 0.25) is 5.13 Å². The van der Waals surface area contributed by atoms with Crippen molar-refractivity contribution in [3.63, 3.8) is 0 Å². The summed E-state index contributed by atoms with van der Waals surface area (Å²) in [4.78, 5) is 8.25. The second-order valence-electron chi connectivity index (χ2n) is 5.97. The number of aliphatic hydroxyl groups excluding tert-OH is 1. The Balaban J connectivity index is 1.61. The molecule has 1 aromatic carbocycles. The molecule has 0 bridgehead atoms. The van der Waals surface area contributed by atoms with Crippen LogP contribution in [-0.2, 0) is 0 Å². The third-order valence-corrected chi connectivity index (χ3v) is 4.89. The molecule has 1 atom stereocenters. The van der Waals surface area contributed by atoms with Gasteiger partial charge in [-0.25, -0.2) is 0 Å². The Kier molecular flexibility index (Phi) is 5.55. The molecule has 2 aromatic rings. The number of benzene rings is 1. The molecule has 25 heavy (non-hydrogen) atoms. The van der Waals surface area contributed by atoms with Crippen molar-refractivity contribution in [2.24, 2.45) is 0 Å². The van der Waals surface area contributed by atoms with E-state index in [1.165, 1.54) is 11.5 Å². The number of halogens is 3. The Morgan fingerprint density at radius 1 is 1.12 bits per heavy atom. The van der Waals surface area contributed by atoms with E-state index in [4.69, 9.17) is 0 Å². The summed E-state index contributed by atoms with van der Waals surface area (Å²) < 4.78 is 41.9. The van der Waals surface area contributed by atoms with Gasteiger partial charge in [-0.3, -0.25) is 4.90 Å². The highest BCUT2D eigenvalue weighted by atomic mass is 32.1. The maximum atomic E-state index is 12.5. The fraction of sp³-hybridized carbons (Fsp3) is 0.500. The summed E-state index contributed by atoms with van der Waals surface area (Å²) >= 11 is 1.30. The number of aliphatic hydroxyl groups is 1. The summed E-state index contributed by atoms with van der Waals surface area (Å²) in [7, 11) is 0. The molecule has 0 radical (unpaired) electrons. The van der Waals surface area contributed by atoms with E-state index in [0.29, 0.717) is 38.4 Å². The van der Waals surface area contributed by atoms with Gasteiger partial charge in [0.1, 0.15) is 0 Å². The standard InChI is InChI=1S/C16H19F3N4OS/c17-16(18,19)13(24)11-22-7-4-8-23(10-9-22)15-20-14(21-25-15)12-5-2-1-3-6-12/h1-3,5-6,13,24H,4,7-11H2. The molecular formula is C16H19F3N4OS. The Hall–Kier alpha value is -1.71. The zero-order valence-electron chi connectivity index (χ0n) is 13.5. The monoisotopic (exact) mass is 372 g/mol. The Bertz CT molecular complexity index is 680. The number of nitrogens with zero attached hydrogens (tertiary/aromatic N) is 4. The molecule has 1 aliphatic rings. The summed E-state index contributed by atoms with van der Waals surface area (Å²) in [5.41, 5.74) is 0.940. The molecule has 9 heteroatoms. The first-order valence-corrected chi connectivity index (χ1v) is 8.82. The summed E-state index contributed by atoms with van der Waals surface area (Å²) in [6, 6.07) is 9.65. The van der Waals surface area contributed by atoms with Gasteiger partial charge < -0.3 is 10.0 Å². The van der Waals surface area contributed by atoms with Crippen LogP contribution in [0.1, 0.15) is 6.42 Å². The van der Waals surface area contributed by atoms with Crippen molar-refractivity contribution >= 4 is 16.7 Å². The molecule has 2 heterocycles. The van der Waals surface area contributed by atoms with E-state index in [-0.39, 0.29) is 6.54 Å². The average molecular weight is 372 g/mol. The minimum atomic E-state index is -4.57. The van der Waals surface area contributed by atoms with Crippen LogP contribution in [-0.4, -0.2) is 64.4 Å². The Morgan fingerprint density at radius 3 is 2.60 bits per heavy atom. The van der Waals surface area contributed by atoms with E-state index in [1.807, 2.05) is 35.2 Å². The quantitative estimate of drug-likeness (QED) is 0.894. The lowest BCUT2D eigenvalue weighted by atomic mass is 10.2. The van der Waals surface area contributed by atoms with Crippen LogP contribution in [0.4, 0.5) is 18.3 Å². The van der Waals surface area contributed by atoms with Crippen LogP contribution in [0.15, 0.2) is 30.3 Å². The van der Waals surface area contributed by atoms with Crippen molar-refractivity contribution < 1.29 is 18.3 Å². The first-order valence-electron chi connectivity index (χ1n) is 8.05. The van der Waals surface area contributed by atoms with Crippen molar-refractivity contribution in [1.82, 2.24) is 14.3 Å². The lowest BCUT2D eigenvalue weighted by Crippen LogP contribution is -2.42. The lowest BCUT2D eigenvalue weighted by molar-refractivity contribution is -0.208. The molecule has 1 aromatic heterocycles. The first-order chi connectivity index (χ1) is 11.9. The molecule has 1 fully saturated rings. The summed E-state index contributed by atoms with van der Waals surface area (Å²) in [6.45, 7) is 1.86. The van der Waals surface area contributed by atoms with Gasteiger partial charge >= 0.3 is 6.18 Å². The van der Waals surface area contributed by atoms with Gasteiger partial charge in [-0.2, -0.15) is 22.5 Å². The average Bonchev–Trinajstić information content (AvgIpc) is 2.96. The molecule has 0 saturated carbocycles. The van der Waals surface area contributed by atoms with Crippen molar-refractivity contribution in [3.8, 4) is 11.4 Å². The third-order valence-electron chi connectivity index (χ3n) is 4.12. The summed E-state index contributed by atoms with van der Waals surface area (Å²) in [6.07, 6.45) is -6.16. The number of alkyl halides is 3. The number of rotatable bonds is 4. The zero-order chi connectivity index (χ0) is 17.9. The van der Waals surface area contributed by atoms with Crippen LogP contribution in [0, 0.1) is 0 Å².